The highest BCUT2D eigenvalue weighted by Gasteiger charge is 2.61. The molecule has 1 nitrogen and oxygen atoms in total. The second-order valence-corrected chi connectivity index (χ2v) is 6.72. The largest absolute Gasteiger partial charge is 0.508 e. The van der Waals surface area contributed by atoms with Gasteiger partial charge in [-0.1, -0.05) is 39.0 Å². The zero-order valence-electron chi connectivity index (χ0n) is 11.0. The van der Waals surface area contributed by atoms with Gasteiger partial charge in [-0.05, 0) is 53.6 Å². The van der Waals surface area contributed by atoms with Crippen LogP contribution in [0, 0.1) is 16.7 Å². The van der Waals surface area contributed by atoms with E-state index in [1.54, 1.807) is 0 Å². The van der Waals surface area contributed by atoms with E-state index in [-0.39, 0.29) is 0 Å². The van der Waals surface area contributed by atoms with E-state index >= 15 is 0 Å². The Morgan fingerprint density at radius 1 is 1.18 bits per heavy atom. The maximum atomic E-state index is 10.1. The molecule has 0 saturated heterocycles. The number of rotatable bonds is 1. The van der Waals surface area contributed by atoms with Crippen LogP contribution in [0.15, 0.2) is 24.3 Å². The van der Waals surface area contributed by atoms with Gasteiger partial charge in [0.2, 0.25) is 0 Å². The summed E-state index contributed by atoms with van der Waals surface area (Å²) in [5.41, 5.74) is 1.95. The lowest BCUT2D eigenvalue weighted by Crippen LogP contribution is -2.31. The van der Waals surface area contributed by atoms with E-state index in [1.807, 2.05) is 12.1 Å². The molecule has 0 heterocycles. The third-order valence-corrected chi connectivity index (χ3v) is 6.11. The Bertz CT molecular complexity index is 449. The van der Waals surface area contributed by atoms with Gasteiger partial charge in [0.15, 0.2) is 0 Å². The smallest absolute Gasteiger partial charge is 0.119 e. The second-order valence-electron chi connectivity index (χ2n) is 6.72. The Balaban J connectivity index is 2.06. The lowest BCUT2D eigenvalue weighted by atomic mass is 9.65. The highest BCUT2D eigenvalue weighted by atomic mass is 16.3. The molecule has 92 valence electrons. The third-order valence-electron chi connectivity index (χ3n) is 6.11. The van der Waals surface area contributed by atoms with Gasteiger partial charge < -0.3 is 5.11 Å². The zero-order chi connectivity index (χ0) is 12.3. The van der Waals surface area contributed by atoms with Crippen LogP contribution < -0.4 is 0 Å². The fourth-order valence-corrected chi connectivity index (χ4v) is 4.46. The van der Waals surface area contributed by atoms with Crippen LogP contribution in [-0.2, 0) is 0 Å². The van der Waals surface area contributed by atoms with Crippen LogP contribution in [0.25, 0.3) is 0 Å². The van der Waals surface area contributed by atoms with Crippen molar-refractivity contribution in [2.24, 2.45) is 16.7 Å². The number of aromatic hydroxyl groups is 1. The average molecular weight is 230 g/mol. The summed E-state index contributed by atoms with van der Waals surface area (Å²) in [6, 6.07) is 7.91. The quantitative estimate of drug-likeness (QED) is 0.761. The minimum absolute atomic E-state index is 0.358. The van der Waals surface area contributed by atoms with Crippen LogP contribution in [-0.4, -0.2) is 5.11 Å². The van der Waals surface area contributed by atoms with Crippen molar-refractivity contribution in [2.45, 2.75) is 46.0 Å². The van der Waals surface area contributed by atoms with Gasteiger partial charge in [0.05, 0.1) is 0 Å². The molecule has 3 atom stereocenters. The Kier molecular flexibility index (Phi) is 2.14. The van der Waals surface area contributed by atoms with E-state index in [2.05, 4.69) is 32.9 Å². The van der Waals surface area contributed by atoms with E-state index in [4.69, 9.17) is 0 Å². The van der Waals surface area contributed by atoms with Crippen LogP contribution >= 0.6 is 0 Å². The molecule has 2 saturated carbocycles. The molecule has 0 aromatic heterocycles. The first-order valence-electron chi connectivity index (χ1n) is 6.75. The molecule has 2 aliphatic rings. The van der Waals surface area contributed by atoms with Gasteiger partial charge in [-0.2, -0.15) is 0 Å². The molecule has 0 aliphatic heterocycles. The average Bonchev–Trinajstić information content (AvgIpc) is 2.62. The van der Waals surface area contributed by atoms with Crippen molar-refractivity contribution in [3.8, 4) is 5.75 Å². The van der Waals surface area contributed by atoms with Crippen LogP contribution in [0.5, 0.6) is 5.75 Å². The van der Waals surface area contributed by atoms with Crippen molar-refractivity contribution < 1.29 is 5.11 Å². The minimum atomic E-state index is 0.358. The third kappa shape index (κ3) is 1.26. The fourth-order valence-electron chi connectivity index (χ4n) is 4.46. The van der Waals surface area contributed by atoms with E-state index in [1.165, 1.54) is 24.8 Å². The summed E-state index contributed by atoms with van der Waals surface area (Å²) < 4.78 is 0. The van der Waals surface area contributed by atoms with Gasteiger partial charge in [-0.3, -0.25) is 0 Å². The molecule has 0 spiro atoms. The number of para-hydroxylation sites is 1. The predicted octanol–water partition coefficient (Wildman–Crippen LogP) is 4.32. The summed E-state index contributed by atoms with van der Waals surface area (Å²) in [4.78, 5) is 0. The summed E-state index contributed by atoms with van der Waals surface area (Å²) in [7, 11) is 0. The Hall–Kier alpha value is -0.980. The van der Waals surface area contributed by atoms with Crippen molar-refractivity contribution in [1.82, 2.24) is 0 Å². The lowest BCUT2D eigenvalue weighted by molar-refractivity contribution is 0.133. The van der Waals surface area contributed by atoms with Crippen LogP contribution in [0.1, 0.15) is 51.5 Å². The molecule has 1 N–H and O–H groups in total. The highest BCUT2D eigenvalue weighted by molar-refractivity contribution is 5.38. The van der Waals surface area contributed by atoms with Crippen molar-refractivity contribution >= 4 is 0 Å². The standard InChI is InChI=1S/C16H22O/c1-15(2)11-8-9-16(15,3)13(10-11)12-6-4-5-7-14(12)17/h4-7,11,13,17H,8-10H2,1-3H3/t11-,13?,16?/m1/s1. The van der Waals surface area contributed by atoms with Gasteiger partial charge >= 0.3 is 0 Å². The van der Waals surface area contributed by atoms with E-state index in [0.29, 0.717) is 22.5 Å². The summed E-state index contributed by atoms with van der Waals surface area (Å²) in [6.07, 6.45) is 3.93. The van der Waals surface area contributed by atoms with Crippen molar-refractivity contribution in [1.29, 1.82) is 0 Å². The number of phenols is 1. The molecule has 2 aliphatic carbocycles. The van der Waals surface area contributed by atoms with Gasteiger partial charge in [0.25, 0.3) is 0 Å². The Morgan fingerprint density at radius 3 is 2.41 bits per heavy atom. The zero-order valence-corrected chi connectivity index (χ0v) is 11.0. The fraction of sp³-hybridized carbons (Fsp3) is 0.625. The number of phenolic OH excluding ortho intramolecular Hbond substituents is 1. The Morgan fingerprint density at radius 2 is 1.88 bits per heavy atom. The van der Waals surface area contributed by atoms with Crippen molar-refractivity contribution in [3.05, 3.63) is 29.8 Å². The molecule has 2 bridgehead atoms. The maximum absolute atomic E-state index is 10.1. The molecule has 1 heteroatoms. The minimum Gasteiger partial charge on any atom is -0.508 e. The number of benzene rings is 1. The second kappa shape index (κ2) is 3.28. The van der Waals surface area contributed by atoms with Crippen molar-refractivity contribution in [3.63, 3.8) is 0 Å². The van der Waals surface area contributed by atoms with Crippen molar-refractivity contribution in [2.75, 3.05) is 0 Å². The predicted molar refractivity (Wildman–Crippen MR) is 70.1 cm³/mol. The number of hydrogen-bond donors (Lipinski definition) is 1. The summed E-state index contributed by atoms with van der Waals surface area (Å²) >= 11 is 0. The van der Waals surface area contributed by atoms with Gasteiger partial charge in [-0.25, -0.2) is 0 Å². The summed E-state index contributed by atoms with van der Waals surface area (Å²) in [5.74, 6) is 1.86. The molecule has 2 fully saturated rings. The van der Waals surface area contributed by atoms with E-state index in [0.717, 1.165) is 5.92 Å². The molecule has 0 radical (unpaired) electrons. The normalized spacial score (nSPS) is 38.5. The highest BCUT2D eigenvalue weighted by Crippen LogP contribution is 2.71. The van der Waals surface area contributed by atoms with E-state index in [9.17, 15) is 5.11 Å². The topological polar surface area (TPSA) is 20.2 Å². The van der Waals surface area contributed by atoms with Gasteiger partial charge in [0, 0.05) is 0 Å². The summed E-state index contributed by atoms with van der Waals surface area (Å²) in [5, 5.41) is 10.1. The molecule has 0 amide bonds. The maximum Gasteiger partial charge on any atom is 0.119 e. The SMILES string of the molecule is CC12CC[C@H](CC1c1ccccc1O)C2(C)C. The van der Waals surface area contributed by atoms with E-state index < -0.39 is 0 Å². The lowest BCUT2D eigenvalue weighted by Gasteiger charge is -2.39. The number of fused-ring (bicyclic) bond motifs is 2. The van der Waals surface area contributed by atoms with Crippen LogP contribution in [0.2, 0.25) is 0 Å². The molecule has 3 rings (SSSR count). The molecule has 17 heavy (non-hydrogen) atoms. The molecule has 1 aromatic rings. The number of hydrogen-bond acceptors (Lipinski definition) is 1. The van der Waals surface area contributed by atoms with Crippen LogP contribution in [0.4, 0.5) is 0 Å². The van der Waals surface area contributed by atoms with Gasteiger partial charge in [0.1, 0.15) is 5.75 Å². The summed E-state index contributed by atoms with van der Waals surface area (Å²) in [6.45, 7) is 7.27. The van der Waals surface area contributed by atoms with Crippen LogP contribution in [0.3, 0.4) is 0 Å². The van der Waals surface area contributed by atoms with Gasteiger partial charge in [-0.15, -0.1) is 0 Å². The molecular weight excluding hydrogens is 208 g/mol. The molecule has 1 aromatic carbocycles. The first-order chi connectivity index (χ1) is 7.97. The first-order valence-corrected chi connectivity index (χ1v) is 6.75. The first kappa shape index (κ1) is 11.1. The monoisotopic (exact) mass is 230 g/mol. The molecule has 2 unspecified atom stereocenters. The Labute approximate surface area is 104 Å². The molecular formula is C16H22O.